The first-order valence-electron chi connectivity index (χ1n) is 8.50. The normalized spacial score (nSPS) is 11.9. The number of rotatable bonds is 3. The summed E-state index contributed by atoms with van der Waals surface area (Å²) in [5.41, 5.74) is 1.78. The van der Waals surface area contributed by atoms with Gasteiger partial charge < -0.3 is 10.4 Å². The summed E-state index contributed by atoms with van der Waals surface area (Å²) in [6.07, 6.45) is 1.58. The standard InChI is InChI=1S/C21H15N5O2/c1-26-19-14-9-5-6-10-17(14)23-12-16(19)18(25-26)20(27)15(11-22)21(28)24-13-7-3-2-4-8-13/h2-10,12,27H,1H3,(H,24,28)/b20-15-. The molecule has 4 rings (SSSR count). The lowest BCUT2D eigenvalue weighted by atomic mass is 10.1. The lowest BCUT2D eigenvalue weighted by Gasteiger charge is -2.05. The third-order valence-electron chi connectivity index (χ3n) is 4.41. The van der Waals surface area contributed by atoms with E-state index in [1.807, 2.05) is 30.3 Å². The highest BCUT2D eigenvalue weighted by molar-refractivity contribution is 6.13. The van der Waals surface area contributed by atoms with Gasteiger partial charge in [0, 0.05) is 24.3 Å². The van der Waals surface area contributed by atoms with Gasteiger partial charge in [0.15, 0.2) is 11.3 Å². The summed E-state index contributed by atoms with van der Waals surface area (Å²) in [7, 11) is 1.74. The van der Waals surface area contributed by atoms with Crippen LogP contribution in [0, 0.1) is 11.3 Å². The summed E-state index contributed by atoms with van der Waals surface area (Å²) in [5, 5.41) is 28.5. The molecule has 0 aliphatic heterocycles. The quantitative estimate of drug-likeness (QED) is 0.326. The number of anilines is 1. The van der Waals surface area contributed by atoms with E-state index in [1.165, 1.54) is 0 Å². The third-order valence-corrected chi connectivity index (χ3v) is 4.41. The Bertz CT molecular complexity index is 1280. The lowest BCUT2D eigenvalue weighted by Crippen LogP contribution is -2.15. The van der Waals surface area contributed by atoms with E-state index in [0.29, 0.717) is 11.1 Å². The molecule has 136 valence electrons. The number of nitrogens with zero attached hydrogens (tertiary/aromatic N) is 4. The van der Waals surface area contributed by atoms with Gasteiger partial charge in [0.1, 0.15) is 11.8 Å². The Morgan fingerprint density at radius 3 is 2.57 bits per heavy atom. The van der Waals surface area contributed by atoms with Gasteiger partial charge in [0.25, 0.3) is 5.91 Å². The van der Waals surface area contributed by atoms with Crippen LogP contribution in [0.5, 0.6) is 0 Å². The molecule has 2 aromatic carbocycles. The predicted molar refractivity (Wildman–Crippen MR) is 106 cm³/mol. The summed E-state index contributed by atoms with van der Waals surface area (Å²) in [6, 6.07) is 18.1. The Labute approximate surface area is 160 Å². The summed E-state index contributed by atoms with van der Waals surface area (Å²) in [4.78, 5) is 16.9. The highest BCUT2D eigenvalue weighted by atomic mass is 16.3. The molecule has 0 bridgehead atoms. The molecule has 0 radical (unpaired) electrons. The highest BCUT2D eigenvalue weighted by Gasteiger charge is 2.22. The number of amides is 1. The average molecular weight is 369 g/mol. The summed E-state index contributed by atoms with van der Waals surface area (Å²) in [5.74, 6) is -1.20. The molecular formula is C21H15N5O2. The Balaban J connectivity index is 1.84. The number of nitrogens with one attached hydrogen (secondary N) is 1. The van der Waals surface area contributed by atoms with E-state index in [2.05, 4.69) is 15.4 Å². The minimum absolute atomic E-state index is 0.135. The van der Waals surface area contributed by atoms with Crippen LogP contribution < -0.4 is 5.32 Å². The van der Waals surface area contributed by atoms with Crippen molar-refractivity contribution < 1.29 is 9.90 Å². The maximum absolute atomic E-state index is 12.5. The van der Waals surface area contributed by atoms with Gasteiger partial charge >= 0.3 is 0 Å². The van der Waals surface area contributed by atoms with Gasteiger partial charge in [-0.2, -0.15) is 10.4 Å². The number of aryl methyl sites for hydroxylation is 1. The largest absolute Gasteiger partial charge is 0.504 e. The second-order valence-corrected chi connectivity index (χ2v) is 6.17. The molecule has 28 heavy (non-hydrogen) atoms. The topological polar surface area (TPSA) is 104 Å². The van der Waals surface area contributed by atoms with E-state index in [4.69, 9.17) is 0 Å². The Hall–Kier alpha value is -4.18. The number of aromatic nitrogens is 3. The van der Waals surface area contributed by atoms with Crippen molar-refractivity contribution in [1.29, 1.82) is 5.26 Å². The van der Waals surface area contributed by atoms with Gasteiger partial charge in [0.2, 0.25) is 0 Å². The van der Waals surface area contributed by atoms with Crippen LogP contribution in [0.3, 0.4) is 0 Å². The van der Waals surface area contributed by atoms with E-state index < -0.39 is 17.2 Å². The van der Waals surface area contributed by atoms with Gasteiger partial charge in [0.05, 0.1) is 16.4 Å². The number of aliphatic hydroxyl groups excluding tert-OH is 1. The molecular weight excluding hydrogens is 354 g/mol. The van der Waals surface area contributed by atoms with Crippen LogP contribution in [0.1, 0.15) is 5.69 Å². The van der Waals surface area contributed by atoms with E-state index in [-0.39, 0.29) is 5.69 Å². The van der Waals surface area contributed by atoms with Gasteiger partial charge in [-0.25, -0.2) is 0 Å². The highest BCUT2D eigenvalue weighted by Crippen LogP contribution is 2.29. The van der Waals surface area contributed by atoms with Crippen molar-refractivity contribution >= 4 is 39.2 Å². The first-order chi connectivity index (χ1) is 13.6. The number of aliphatic hydroxyl groups is 1. The zero-order chi connectivity index (χ0) is 19.7. The Morgan fingerprint density at radius 2 is 1.82 bits per heavy atom. The number of para-hydroxylation sites is 2. The predicted octanol–water partition coefficient (Wildman–Crippen LogP) is 3.55. The van der Waals surface area contributed by atoms with Crippen molar-refractivity contribution in [2.45, 2.75) is 0 Å². The number of nitriles is 1. The van der Waals surface area contributed by atoms with Crippen molar-refractivity contribution in [2.24, 2.45) is 7.05 Å². The van der Waals surface area contributed by atoms with Gasteiger partial charge in [-0.15, -0.1) is 0 Å². The smallest absolute Gasteiger partial charge is 0.270 e. The summed E-state index contributed by atoms with van der Waals surface area (Å²) in [6.45, 7) is 0. The van der Waals surface area contributed by atoms with E-state index in [0.717, 1.165) is 16.4 Å². The average Bonchev–Trinajstić information content (AvgIpc) is 3.06. The first-order valence-corrected chi connectivity index (χ1v) is 8.50. The van der Waals surface area contributed by atoms with Crippen LogP contribution in [-0.2, 0) is 11.8 Å². The van der Waals surface area contributed by atoms with Gasteiger partial charge in [-0.05, 0) is 18.2 Å². The van der Waals surface area contributed by atoms with Crippen LogP contribution in [0.15, 0.2) is 66.4 Å². The number of hydrogen-bond acceptors (Lipinski definition) is 5. The zero-order valence-corrected chi connectivity index (χ0v) is 14.9. The number of carbonyl (C=O) groups excluding carboxylic acids is 1. The second-order valence-electron chi connectivity index (χ2n) is 6.17. The van der Waals surface area contributed by atoms with E-state index in [9.17, 15) is 15.2 Å². The minimum Gasteiger partial charge on any atom is -0.504 e. The van der Waals surface area contributed by atoms with Crippen LogP contribution in [0.25, 0.3) is 27.6 Å². The molecule has 0 spiro atoms. The van der Waals surface area contributed by atoms with Crippen LogP contribution >= 0.6 is 0 Å². The fourth-order valence-electron chi connectivity index (χ4n) is 3.12. The fourth-order valence-corrected chi connectivity index (χ4v) is 3.12. The monoisotopic (exact) mass is 369 g/mol. The molecule has 0 saturated heterocycles. The molecule has 4 aromatic rings. The number of benzene rings is 2. The molecule has 0 aliphatic rings. The Morgan fingerprint density at radius 1 is 1.11 bits per heavy atom. The molecule has 2 aromatic heterocycles. The minimum atomic E-state index is -0.709. The van der Waals surface area contributed by atoms with Crippen molar-refractivity contribution in [3.8, 4) is 6.07 Å². The van der Waals surface area contributed by atoms with Crippen molar-refractivity contribution in [3.05, 3.63) is 72.1 Å². The number of pyridine rings is 1. The molecule has 7 nitrogen and oxygen atoms in total. The molecule has 0 fully saturated rings. The molecule has 2 N–H and O–H groups in total. The van der Waals surface area contributed by atoms with Crippen LogP contribution in [0.2, 0.25) is 0 Å². The van der Waals surface area contributed by atoms with E-state index >= 15 is 0 Å². The van der Waals surface area contributed by atoms with Gasteiger partial charge in [-0.1, -0.05) is 36.4 Å². The molecule has 0 unspecified atom stereocenters. The summed E-state index contributed by atoms with van der Waals surface area (Å²) >= 11 is 0. The number of carbonyl (C=O) groups is 1. The number of hydrogen-bond donors (Lipinski definition) is 2. The third kappa shape index (κ3) is 2.83. The number of fused-ring (bicyclic) bond motifs is 3. The fraction of sp³-hybridized carbons (Fsp3) is 0.0476. The molecule has 2 heterocycles. The SMILES string of the molecule is Cn1nc(/C(O)=C(\C#N)C(=O)Nc2ccccc2)c2cnc3ccccc3c21. The van der Waals surface area contributed by atoms with E-state index in [1.54, 1.807) is 48.3 Å². The maximum Gasteiger partial charge on any atom is 0.270 e. The second kappa shape index (κ2) is 6.85. The molecule has 0 atom stereocenters. The zero-order valence-electron chi connectivity index (χ0n) is 14.9. The lowest BCUT2D eigenvalue weighted by molar-refractivity contribution is -0.112. The molecule has 1 amide bonds. The van der Waals surface area contributed by atoms with Crippen molar-refractivity contribution in [3.63, 3.8) is 0 Å². The van der Waals surface area contributed by atoms with Crippen molar-refractivity contribution in [2.75, 3.05) is 5.32 Å². The van der Waals surface area contributed by atoms with Crippen LogP contribution in [-0.4, -0.2) is 25.8 Å². The maximum atomic E-state index is 12.5. The first kappa shape index (κ1) is 17.2. The summed E-state index contributed by atoms with van der Waals surface area (Å²) < 4.78 is 1.61. The molecule has 0 aliphatic carbocycles. The van der Waals surface area contributed by atoms with Crippen molar-refractivity contribution in [1.82, 2.24) is 14.8 Å². The van der Waals surface area contributed by atoms with Crippen LogP contribution in [0.4, 0.5) is 5.69 Å². The molecule has 0 saturated carbocycles. The molecule has 7 heteroatoms. The van der Waals surface area contributed by atoms with Gasteiger partial charge in [-0.3, -0.25) is 14.5 Å². The Kier molecular flexibility index (Phi) is 4.22.